The van der Waals surface area contributed by atoms with Gasteiger partial charge in [0, 0.05) is 48.2 Å². The first-order valence-corrected chi connectivity index (χ1v) is 11.6. The van der Waals surface area contributed by atoms with Crippen LogP contribution in [0.1, 0.15) is 36.6 Å². The SMILES string of the molecule is C=C(c1cn(CC)nc1Cl)c1cn(C)nc1-c1ccc(F)cc1[C@@H](C)Oc1nc(Br)cnc1N. The van der Waals surface area contributed by atoms with Crippen LogP contribution in [0.3, 0.4) is 0 Å². The van der Waals surface area contributed by atoms with Gasteiger partial charge in [0.25, 0.3) is 5.88 Å². The van der Waals surface area contributed by atoms with Crippen molar-refractivity contribution in [2.45, 2.75) is 26.5 Å². The summed E-state index contributed by atoms with van der Waals surface area (Å²) in [6, 6.07) is 4.45. The fraction of sp³-hybridized carbons (Fsp3) is 0.217. The van der Waals surface area contributed by atoms with Crippen molar-refractivity contribution in [3.8, 4) is 17.1 Å². The molecule has 4 aromatic rings. The lowest BCUT2D eigenvalue weighted by atomic mass is 9.94. The first kappa shape index (κ1) is 23.9. The number of nitrogens with zero attached hydrogens (tertiary/aromatic N) is 6. The Morgan fingerprint density at radius 3 is 2.76 bits per heavy atom. The summed E-state index contributed by atoms with van der Waals surface area (Å²) in [5.41, 5.74) is 9.83. The summed E-state index contributed by atoms with van der Waals surface area (Å²) in [5.74, 6) is -0.143. The Morgan fingerprint density at radius 2 is 2.06 bits per heavy atom. The third-order valence-electron chi connectivity index (χ3n) is 5.25. The van der Waals surface area contributed by atoms with Gasteiger partial charge in [-0.1, -0.05) is 18.2 Å². The second-order valence-electron chi connectivity index (χ2n) is 7.61. The second kappa shape index (κ2) is 9.55. The smallest absolute Gasteiger partial charge is 0.258 e. The van der Waals surface area contributed by atoms with Gasteiger partial charge in [0.1, 0.15) is 22.2 Å². The lowest BCUT2D eigenvalue weighted by Crippen LogP contribution is -2.09. The number of aromatic nitrogens is 6. The zero-order valence-electron chi connectivity index (χ0n) is 18.8. The Balaban J connectivity index is 1.78. The largest absolute Gasteiger partial charge is 0.467 e. The summed E-state index contributed by atoms with van der Waals surface area (Å²) in [6.07, 6.45) is 4.53. The summed E-state index contributed by atoms with van der Waals surface area (Å²) in [7, 11) is 1.80. The van der Waals surface area contributed by atoms with E-state index in [1.54, 1.807) is 29.4 Å². The molecule has 8 nitrogen and oxygen atoms in total. The van der Waals surface area contributed by atoms with Gasteiger partial charge in [-0.05, 0) is 53.5 Å². The minimum atomic E-state index is -0.619. The molecule has 0 fully saturated rings. The molecule has 0 bridgehead atoms. The van der Waals surface area contributed by atoms with Gasteiger partial charge in [-0.2, -0.15) is 10.2 Å². The highest BCUT2D eigenvalue weighted by Gasteiger charge is 2.23. The normalized spacial score (nSPS) is 12.1. The molecule has 3 aromatic heterocycles. The van der Waals surface area contributed by atoms with Crippen LogP contribution in [0.2, 0.25) is 5.15 Å². The first-order valence-electron chi connectivity index (χ1n) is 10.4. The maximum Gasteiger partial charge on any atom is 0.258 e. The summed E-state index contributed by atoms with van der Waals surface area (Å²) in [4.78, 5) is 8.26. The van der Waals surface area contributed by atoms with Crippen molar-refractivity contribution in [1.82, 2.24) is 29.5 Å². The second-order valence-corrected chi connectivity index (χ2v) is 8.78. The van der Waals surface area contributed by atoms with E-state index >= 15 is 0 Å². The van der Waals surface area contributed by atoms with Crippen LogP contribution in [-0.4, -0.2) is 29.5 Å². The van der Waals surface area contributed by atoms with E-state index in [4.69, 9.17) is 22.1 Å². The van der Waals surface area contributed by atoms with E-state index in [-0.39, 0.29) is 11.7 Å². The van der Waals surface area contributed by atoms with Gasteiger partial charge in [0.2, 0.25) is 0 Å². The van der Waals surface area contributed by atoms with Crippen molar-refractivity contribution in [2.75, 3.05) is 5.73 Å². The number of nitrogens with two attached hydrogens (primary N) is 1. The number of hydrogen-bond donors (Lipinski definition) is 1. The molecule has 0 amide bonds. The Labute approximate surface area is 209 Å². The van der Waals surface area contributed by atoms with Crippen molar-refractivity contribution < 1.29 is 9.13 Å². The Bertz CT molecular complexity index is 1380. The molecule has 3 heterocycles. The Hall–Kier alpha value is -3.24. The van der Waals surface area contributed by atoms with E-state index in [0.717, 1.165) is 5.56 Å². The standard InChI is InChI=1S/C23H22BrClFN7O/c1-5-33-11-18(21(25)31-33)12(2)17-10-32(4)30-20(17)15-7-6-14(26)8-16(15)13(3)34-23-22(27)28-9-19(24)29-23/h6-11,13H,2,5H2,1,3-4H3,(H2,27,28)/t13-/m1/s1. The lowest BCUT2D eigenvalue weighted by Gasteiger charge is -2.19. The quantitative estimate of drug-likeness (QED) is 0.332. The van der Waals surface area contributed by atoms with Crippen LogP contribution in [0.15, 0.2) is 48.0 Å². The van der Waals surface area contributed by atoms with Crippen LogP contribution in [0.25, 0.3) is 16.8 Å². The maximum absolute atomic E-state index is 14.3. The number of halogens is 3. The molecule has 34 heavy (non-hydrogen) atoms. The molecule has 1 atom stereocenters. The van der Waals surface area contributed by atoms with Crippen molar-refractivity contribution in [3.63, 3.8) is 0 Å². The number of anilines is 1. The minimum absolute atomic E-state index is 0.127. The van der Waals surface area contributed by atoms with Crippen LogP contribution in [-0.2, 0) is 13.6 Å². The predicted molar refractivity (Wildman–Crippen MR) is 133 cm³/mol. The first-order chi connectivity index (χ1) is 16.2. The number of rotatable bonds is 7. The molecular formula is C23H22BrClFN7O. The molecule has 11 heteroatoms. The highest BCUT2D eigenvalue weighted by Crippen LogP contribution is 2.38. The van der Waals surface area contributed by atoms with E-state index in [0.29, 0.717) is 44.3 Å². The number of aryl methyl sites for hydroxylation is 2. The Morgan fingerprint density at radius 1 is 1.29 bits per heavy atom. The molecule has 0 saturated carbocycles. The van der Waals surface area contributed by atoms with Crippen molar-refractivity contribution in [1.29, 1.82) is 0 Å². The monoisotopic (exact) mass is 545 g/mol. The van der Waals surface area contributed by atoms with E-state index < -0.39 is 11.9 Å². The number of hydrogen-bond acceptors (Lipinski definition) is 6. The lowest BCUT2D eigenvalue weighted by molar-refractivity contribution is 0.218. The number of benzene rings is 1. The highest BCUT2D eigenvalue weighted by molar-refractivity contribution is 9.10. The summed E-state index contributed by atoms with van der Waals surface area (Å²) in [5, 5.41) is 9.29. The fourth-order valence-electron chi connectivity index (χ4n) is 3.58. The Kier molecular flexibility index (Phi) is 6.72. The summed E-state index contributed by atoms with van der Waals surface area (Å²) >= 11 is 9.63. The van der Waals surface area contributed by atoms with Crippen molar-refractivity contribution >= 4 is 38.9 Å². The van der Waals surface area contributed by atoms with Gasteiger partial charge in [0.15, 0.2) is 11.0 Å². The molecular weight excluding hydrogens is 525 g/mol. The maximum atomic E-state index is 14.3. The van der Waals surface area contributed by atoms with Gasteiger partial charge in [0.05, 0.1) is 6.20 Å². The molecule has 0 aliphatic rings. The van der Waals surface area contributed by atoms with Crippen LogP contribution < -0.4 is 10.5 Å². The summed E-state index contributed by atoms with van der Waals surface area (Å²) in [6.45, 7) is 8.67. The molecule has 0 spiro atoms. The zero-order valence-corrected chi connectivity index (χ0v) is 21.1. The zero-order chi connectivity index (χ0) is 24.6. The summed E-state index contributed by atoms with van der Waals surface area (Å²) < 4.78 is 24.2. The molecule has 0 radical (unpaired) electrons. The van der Waals surface area contributed by atoms with Crippen molar-refractivity contribution in [2.24, 2.45) is 7.05 Å². The molecule has 2 N–H and O–H groups in total. The van der Waals surface area contributed by atoms with Gasteiger partial charge in [-0.3, -0.25) is 9.36 Å². The average molecular weight is 547 g/mol. The van der Waals surface area contributed by atoms with E-state index in [1.165, 1.54) is 18.3 Å². The molecule has 0 unspecified atom stereocenters. The molecule has 0 aliphatic heterocycles. The topological polar surface area (TPSA) is 96.7 Å². The molecule has 0 saturated heterocycles. The van der Waals surface area contributed by atoms with Gasteiger partial charge in [-0.25, -0.2) is 14.4 Å². The van der Waals surface area contributed by atoms with Crippen LogP contribution in [0.5, 0.6) is 5.88 Å². The molecule has 1 aromatic carbocycles. The van der Waals surface area contributed by atoms with Crippen LogP contribution >= 0.6 is 27.5 Å². The molecule has 176 valence electrons. The van der Waals surface area contributed by atoms with E-state index in [9.17, 15) is 4.39 Å². The van der Waals surface area contributed by atoms with Gasteiger partial charge >= 0.3 is 0 Å². The predicted octanol–water partition coefficient (Wildman–Crippen LogP) is 5.43. The van der Waals surface area contributed by atoms with Gasteiger partial charge in [-0.15, -0.1) is 0 Å². The molecule has 4 rings (SSSR count). The van der Waals surface area contributed by atoms with Crippen LogP contribution in [0, 0.1) is 5.82 Å². The molecule has 0 aliphatic carbocycles. The van der Waals surface area contributed by atoms with E-state index in [2.05, 4.69) is 42.7 Å². The van der Waals surface area contributed by atoms with Crippen molar-refractivity contribution in [3.05, 3.63) is 75.6 Å². The van der Waals surface area contributed by atoms with Crippen LogP contribution in [0.4, 0.5) is 10.2 Å². The van der Waals surface area contributed by atoms with E-state index in [1.807, 2.05) is 19.3 Å². The number of nitrogen functional groups attached to an aromatic ring is 1. The fourth-order valence-corrected chi connectivity index (χ4v) is 4.10. The number of ether oxygens (including phenoxy) is 1. The third kappa shape index (κ3) is 4.69. The third-order valence-corrected chi connectivity index (χ3v) is 5.91. The minimum Gasteiger partial charge on any atom is -0.467 e. The van der Waals surface area contributed by atoms with Gasteiger partial charge < -0.3 is 10.5 Å². The average Bonchev–Trinajstić information content (AvgIpc) is 3.38. The highest BCUT2D eigenvalue weighted by atomic mass is 79.9.